The number of carbonyl (C=O) groups is 1. The highest BCUT2D eigenvalue weighted by Crippen LogP contribution is 2.29. The Labute approximate surface area is 140 Å². The van der Waals surface area contributed by atoms with Crippen LogP contribution in [-0.2, 0) is 0 Å². The maximum absolute atomic E-state index is 12.7. The highest BCUT2D eigenvalue weighted by molar-refractivity contribution is 5.95. The summed E-state index contributed by atoms with van der Waals surface area (Å²) in [6.07, 6.45) is 0. The minimum absolute atomic E-state index is 0.130. The molecule has 0 bridgehead atoms. The van der Waals surface area contributed by atoms with Gasteiger partial charge >= 0.3 is 5.69 Å². The molecule has 126 valence electrons. The van der Waals surface area contributed by atoms with E-state index in [4.69, 9.17) is 4.74 Å². The summed E-state index contributed by atoms with van der Waals surface area (Å²) in [7, 11) is 3.04. The van der Waals surface area contributed by atoms with Gasteiger partial charge in [-0.05, 0) is 31.5 Å². The van der Waals surface area contributed by atoms with E-state index in [2.05, 4.69) is 0 Å². The molecule has 0 saturated heterocycles. The summed E-state index contributed by atoms with van der Waals surface area (Å²) in [6.45, 7) is 3.92. The molecule has 24 heavy (non-hydrogen) atoms. The summed E-state index contributed by atoms with van der Waals surface area (Å²) in [6, 6.07) is 12.0. The molecule has 0 aliphatic carbocycles. The SMILES string of the molecule is COc1ccc(C(=O)N(C)C(C)c2ccc(C)cc2)cc1[N+](=O)[O-]. The van der Waals surface area contributed by atoms with Crippen molar-refractivity contribution in [1.29, 1.82) is 0 Å². The number of methoxy groups -OCH3 is 1. The second-order valence-electron chi connectivity index (χ2n) is 5.65. The summed E-state index contributed by atoms with van der Waals surface area (Å²) in [5.74, 6) is -0.153. The molecule has 1 atom stereocenters. The van der Waals surface area contributed by atoms with E-state index in [-0.39, 0.29) is 28.9 Å². The van der Waals surface area contributed by atoms with E-state index in [1.807, 2.05) is 38.1 Å². The van der Waals surface area contributed by atoms with Crippen molar-refractivity contribution in [2.45, 2.75) is 19.9 Å². The molecule has 0 fully saturated rings. The van der Waals surface area contributed by atoms with E-state index in [9.17, 15) is 14.9 Å². The summed E-state index contributed by atoms with van der Waals surface area (Å²) >= 11 is 0. The number of benzene rings is 2. The van der Waals surface area contributed by atoms with Gasteiger partial charge in [0.15, 0.2) is 5.75 Å². The lowest BCUT2D eigenvalue weighted by molar-refractivity contribution is -0.385. The third kappa shape index (κ3) is 3.53. The quantitative estimate of drug-likeness (QED) is 0.619. The van der Waals surface area contributed by atoms with Crippen LogP contribution in [0.4, 0.5) is 5.69 Å². The van der Waals surface area contributed by atoms with Gasteiger partial charge in [-0.25, -0.2) is 0 Å². The van der Waals surface area contributed by atoms with E-state index in [1.54, 1.807) is 11.9 Å². The van der Waals surface area contributed by atoms with Crippen LogP contribution in [0.5, 0.6) is 5.75 Å². The van der Waals surface area contributed by atoms with E-state index in [0.717, 1.165) is 11.1 Å². The molecule has 2 rings (SSSR count). The second kappa shape index (κ2) is 7.12. The number of rotatable bonds is 5. The molecule has 0 radical (unpaired) electrons. The maximum atomic E-state index is 12.7. The van der Waals surface area contributed by atoms with Crippen molar-refractivity contribution in [3.05, 3.63) is 69.3 Å². The first-order valence-corrected chi connectivity index (χ1v) is 7.51. The standard InChI is InChI=1S/C18H20N2O4/c1-12-5-7-14(8-6-12)13(2)19(3)18(21)15-9-10-17(24-4)16(11-15)20(22)23/h5-11,13H,1-4H3. The average Bonchev–Trinajstić information content (AvgIpc) is 2.59. The minimum atomic E-state index is -0.557. The number of nitrogens with zero attached hydrogens (tertiary/aromatic N) is 2. The Morgan fingerprint density at radius 2 is 1.83 bits per heavy atom. The van der Waals surface area contributed by atoms with Gasteiger partial charge in [0, 0.05) is 18.7 Å². The fourth-order valence-electron chi connectivity index (χ4n) is 2.41. The molecule has 0 aliphatic heterocycles. The predicted octanol–water partition coefficient (Wildman–Crippen LogP) is 3.75. The monoisotopic (exact) mass is 328 g/mol. The number of hydrogen-bond acceptors (Lipinski definition) is 4. The first-order chi connectivity index (χ1) is 11.3. The number of amides is 1. The molecule has 1 unspecified atom stereocenters. The lowest BCUT2D eigenvalue weighted by Crippen LogP contribution is -2.29. The summed E-state index contributed by atoms with van der Waals surface area (Å²) in [4.78, 5) is 24.8. The van der Waals surface area contributed by atoms with Crippen LogP contribution in [-0.4, -0.2) is 29.9 Å². The van der Waals surface area contributed by atoms with Gasteiger partial charge in [-0.3, -0.25) is 14.9 Å². The Balaban J connectivity index is 2.28. The van der Waals surface area contributed by atoms with Crippen LogP contribution in [0.2, 0.25) is 0 Å². The maximum Gasteiger partial charge on any atom is 0.311 e. The number of carbonyl (C=O) groups excluding carboxylic acids is 1. The molecule has 6 heteroatoms. The molecule has 0 heterocycles. The van der Waals surface area contributed by atoms with Crippen LogP contribution in [0.3, 0.4) is 0 Å². The van der Waals surface area contributed by atoms with Crippen molar-refractivity contribution >= 4 is 11.6 Å². The highest BCUT2D eigenvalue weighted by Gasteiger charge is 2.23. The smallest absolute Gasteiger partial charge is 0.311 e. The second-order valence-corrected chi connectivity index (χ2v) is 5.65. The van der Waals surface area contributed by atoms with Crippen molar-refractivity contribution in [2.24, 2.45) is 0 Å². The molecule has 2 aromatic carbocycles. The van der Waals surface area contributed by atoms with Gasteiger partial charge in [-0.1, -0.05) is 29.8 Å². The Bertz CT molecular complexity index is 756. The number of nitro groups is 1. The average molecular weight is 328 g/mol. The van der Waals surface area contributed by atoms with E-state index in [1.165, 1.54) is 25.3 Å². The third-order valence-electron chi connectivity index (χ3n) is 4.08. The molecule has 0 saturated carbocycles. The topological polar surface area (TPSA) is 72.7 Å². The molecular formula is C18H20N2O4. The van der Waals surface area contributed by atoms with Crippen LogP contribution in [0, 0.1) is 17.0 Å². The van der Waals surface area contributed by atoms with Gasteiger partial charge in [-0.15, -0.1) is 0 Å². The van der Waals surface area contributed by atoms with Crippen molar-refractivity contribution in [1.82, 2.24) is 4.90 Å². The van der Waals surface area contributed by atoms with Crippen LogP contribution in [0.1, 0.15) is 34.5 Å². The van der Waals surface area contributed by atoms with Gasteiger partial charge in [0.2, 0.25) is 0 Å². The van der Waals surface area contributed by atoms with Crippen LogP contribution >= 0.6 is 0 Å². The first-order valence-electron chi connectivity index (χ1n) is 7.51. The normalized spacial score (nSPS) is 11.7. The Hall–Kier alpha value is -2.89. The van der Waals surface area contributed by atoms with Gasteiger partial charge in [0.1, 0.15) is 0 Å². The lowest BCUT2D eigenvalue weighted by Gasteiger charge is -2.25. The molecule has 1 amide bonds. The van der Waals surface area contributed by atoms with Crippen molar-refractivity contribution in [3.8, 4) is 5.75 Å². The van der Waals surface area contributed by atoms with E-state index >= 15 is 0 Å². The van der Waals surface area contributed by atoms with Crippen LogP contribution in [0.25, 0.3) is 0 Å². The summed E-state index contributed by atoms with van der Waals surface area (Å²) in [5.41, 5.74) is 2.17. The zero-order chi connectivity index (χ0) is 17.9. The Morgan fingerprint density at radius 1 is 1.21 bits per heavy atom. The first kappa shape index (κ1) is 17.5. The predicted molar refractivity (Wildman–Crippen MR) is 91.3 cm³/mol. The minimum Gasteiger partial charge on any atom is -0.490 e. The lowest BCUT2D eigenvalue weighted by atomic mass is 10.0. The zero-order valence-electron chi connectivity index (χ0n) is 14.1. The summed E-state index contributed by atoms with van der Waals surface area (Å²) in [5, 5.41) is 11.1. The fourth-order valence-corrected chi connectivity index (χ4v) is 2.41. The number of hydrogen-bond donors (Lipinski definition) is 0. The van der Waals surface area contributed by atoms with E-state index in [0.29, 0.717) is 0 Å². The Morgan fingerprint density at radius 3 is 2.38 bits per heavy atom. The van der Waals surface area contributed by atoms with Gasteiger partial charge in [-0.2, -0.15) is 0 Å². The van der Waals surface area contributed by atoms with E-state index < -0.39 is 4.92 Å². The van der Waals surface area contributed by atoms with Gasteiger partial charge < -0.3 is 9.64 Å². The third-order valence-corrected chi connectivity index (χ3v) is 4.08. The molecule has 6 nitrogen and oxygen atoms in total. The largest absolute Gasteiger partial charge is 0.490 e. The zero-order valence-corrected chi connectivity index (χ0v) is 14.1. The number of nitro benzene ring substituents is 1. The van der Waals surface area contributed by atoms with Crippen LogP contribution < -0.4 is 4.74 Å². The molecule has 0 aliphatic rings. The fraction of sp³-hybridized carbons (Fsp3) is 0.278. The van der Waals surface area contributed by atoms with Crippen molar-refractivity contribution in [2.75, 3.05) is 14.2 Å². The molecular weight excluding hydrogens is 308 g/mol. The highest BCUT2D eigenvalue weighted by atomic mass is 16.6. The molecule has 2 aromatic rings. The van der Waals surface area contributed by atoms with Crippen LogP contribution in [0.15, 0.2) is 42.5 Å². The van der Waals surface area contributed by atoms with Gasteiger partial charge in [0.05, 0.1) is 18.1 Å². The van der Waals surface area contributed by atoms with Crippen molar-refractivity contribution < 1.29 is 14.5 Å². The van der Waals surface area contributed by atoms with Gasteiger partial charge in [0.25, 0.3) is 5.91 Å². The van der Waals surface area contributed by atoms with Crippen molar-refractivity contribution in [3.63, 3.8) is 0 Å². The molecule has 0 aromatic heterocycles. The molecule has 0 N–H and O–H groups in total. The number of ether oxygens (including phenoxy) is 1. The Kier molecular flexibility index (Phi) is 5.18. The number of aryl methyl sites for hydroxylation is 1. The summed E-state index contributed by atoms with van der Waals surface area (Å²) < 4.78 is 4.96. The molecule has 0 spiro atoms.